The van der Waals surface area contributed by atoms with Gasteiger partial charge in [0, 0.05) is 11.8 Å². The number of hydrogen-bond donors (Lipinski definition) is 2. The fourth-order valence-corrected chi connectivity index (χ4v) is 3.46. The number of imidazole rings is 1. The van der Waals surface area contributed by atoms with Crippen molar-refractivity contribution in [2.45, 2.75) is 57.3 Å². The van der Waals surface area contributed by atoms with E-state index in [1.807, 2.05) is 0 Å². The standard InChI is InChI=1S/C15H21N5/c1-2-8-3-4-10(7-8)11-12-14(20-15(16)18-11)19-13(17-12)9-5-6-9/h8-10H,2-7H2,1H3,(H3,16,17,18,19,20). The van der Waals surface area contributed by atoms with Crippen molar-refractivity contribution in [2.24, 2.45) is 5.92 Å². The topological polar surface area (TPSA) is 80.5 Å². The molecule has 0 amide bonds. The van der Waals surface area contributed by atoms with Crippen LogP contribution in [0.4, 0.5) is 5.95 Å². The van der Waals surface area contributed by atoms with E-state index in [9.17, 15) is 0 Å². The van der Waals surface area contributed by atoms with Gasteiger partial charge in [0.1, 0.15) is 11.5 Å². The molecule has 2 atom stereocenters. The van der Waals surface area contributed by atoms with Gasteiger partial charge in [0.25, 0.3) is 0 Å². The number of nitrogens with zero attached hydrogens (tertiary/aromatic N) is 3. The van der Waals surface area contributed by atoms with Crippen LogP contribution in [0.25, 0.3) is 11.5 Å². The van der Waals surface area contributed by atoms with E-state index < -0.39 is 0 Å². The van der Waals surface area contributed by atoms with Crippen molar-refractivity contribution < 1.29 is 0 Å². The van der Waals surface area contributed by atoms with Gasteiger partial charge in [-0.05, 0) is 38.0 Å². The molecule has 4 rings (SSSR count). The molecule has 0 aromatic rings. The van der Waals surface area contributed by atoms with E-state index in [0.29, 0.717) is 17.8 Å². The molecular weight excluding hydrogens is 250 g/mol. The zero-order valence-corrected chi connectivity index (χ0v) is 11.9. The van der Waals surface area contributed by atoms with Crippen LogP contribution in [0.2, 0.25) is 0 Å². The molecule has 0 radical (unpaired) electrons. The molecule has 2 heterocycles. The Morgan fingerprint density at radius 1 is 1.10 bits per heavy atom. The molecule has 5 heteroatoms. The molecule has 0 aromatic carbocycles. The molecule has 0 bridgehead atoms. The summed E-state index contributed by atoms with van der Waals surface area (Å²) in [5.41, 5.74) is 7.96. The van der Waals surface area contributed by atoms with Crippen LogP contribution in [0.1, 0.15) is 68.8 Å². The first-order valence-electron chi connectivity index (χ1n) is 7.77. The number of anilines is 1. The summed E-state index contributed by atoms with van der Waals surface area (Å²) in [6, 6.07) is 0. The Labute approximate surface area is 118 Å². The molecule has 2 aliphatic heterocycles. The Hall–Kier alpha value is -1.65. The second kappa shape index (κ2) is 4.43. The summed E-state index contributed by atoms with van der Waals surface area (Å²) < 4.78 is 0. The maximum atomic E-state index is 5.93. The summed E-state index contributed by atoms with van der Waals surface area (Å²) in [5.74, 6) is 4.17. The minimum atomic E-state index is 0.467. The molecule has 2 saturated carbocycles. The molecule has 2 unspecified atom stereocenters. The Morgan fingerprint density at radius 2 is 1.90 bits per heavy atom. The molecule has 2 aliphatic carbocycles. The number of hydrogen-bond acceptors (Lipinski definition) is 4. The first-order valence-corrected chi connectivity index (χ1v) is 7.77. The van der Waals surface area contributed by atoms with Gasteiger partial charge in [0.05, 0.1) is 5.69 Å². The minimum absolute atomic E-state index is 0.467. The summed E-state index contributed by atoms with van der Waals surface area (Å²) in [6.45, 7) is 2.27. The maximum Gasteiger partial charge on any atom is 0.199 e. The average Bonchev–Trinajstić information content (AvgIpc) is 3.02. The van der Waals surface area contributed by atoms with Crippen molar-refractivity contribution in [1.29, 1.82) is 0 Å². The smallest absolute Gasteiger partial charge is 0.199 e. The van der Waals surface area contributed by atoms with Gasteiger partial charge in [-0.2, -0.15) is 0 Å². The van der Waals surface area contributed by atoms with Gasteiger partial charge in [0.15, 0.2) is 11.8 Å². The minimum Gasteiger partial charge on any atom is -0.369 e. The second-order valence-corrected chi connectivity index (χ2v) is 6.34. The van der Waals surface area contributed by atoms with E-state index in [2.05, 4.69) is 21.9 Å². The van der Waals surface area contributed by atoms with Crippen LogP contribution in [-0.2, 0) is 0 Å². The van der Waals surface area contributed by atoms with Crippen LogP contribution in [0.15, 0.2) is 0 Å². The van der Waals surface area contributed by atoms with Crippen molar-refractivity contribution in [3.05, 3.63) is 11.5 Å². The first-order chi connectivity index (χ1) is 9.74. The second-order valence-electron chi connectivity index (χ2n) is 6.34. The predicted octanol–water partition coefficient (Wildman–Crippen LogP) is 3.06. The normalized spacial score (nSPS) is 26.4. The van der Waals surface area contributed by atoms with Gasteiger partial charge < -0.3 is 10.7 Å². The highest BCUT2D eigenvalue weighted by Crippen LogP contribution is 2.44. The number of H-pyrrole nitrogens is 1. The maximum absolute atomic E-state index is 5.93. The van der Waals surface area contributed by atoms with Gasteiger partial charge in [-0.25, -0.2) is 15.0 Å². The third-order valence-electron chi connectivity index (χ3n) is 4.85. The third kappa shape index (κ3) is 1.96. The molecule has 5 nitrogen and oxygen atoms in total. The number of fused-ring (bicyclic) bond motifs is 1. The highest BCUT2D eigenvalue weighted by molar-refractivity contribution is 5.58. The van der Waals surface area contributed by atoms with Crippen LogP contribution < -0.4 is 5.73 Å². The highest BCUT2D eigenvalue weighted by atomic mass is 15.1. The number of nitrogens with one attached hydrogen (secondary N) is 1. The molecule has 20 heavy (non-hydrogen) atoms. The molecule has 4 aliphatic rings. The molecule has 2 fully saturated rings. The van der Waals surface area contributed by atoms with Crippen molar-refractivity contribution in [2.75, 3.05) is 5.73 Å². The summed E-state index contributed by atoms with van der Waals surface area (Å²) >= 11 is 0. The molecule has 3 N–H and O–H groups in total. The van der Waals surface area contributed by atoms with Gasteiger partial charge in [0.2, 0.25) is 0 Å². The van der Waals surface area contributed by atoms with E-state index in [1.165, 1.54) is 38.5 Å². The summed E-state index contributed by atoms with van der Waals surface area (Å²) in [5, 5.41) is 0. The van der Waals surface area contributed by atoms with Crippen LogP contribution in [0, 0.1) is 5.92 Å². The number of rotatable bonds is 3. The quantitative estimate of drug-likeness (QED) is 0.899. The number of nitrogens with two attached hydrogens (primary N) is 1. The van der Waals surface area contributed by atoms with Crippen molar-refractivity contribution in [3.63, 3.8) is 0 Å². The molecule has 106 valence electrons. The fraction of sp³-hybridized carbons (Fsp3) is 0.667. The van der Waals surface area contributed by atoms with Gasteiger partial charge in [-0.15, -0.1) is 0 Å². The fourth-order valence-electron chi connectivity index (χ4n) is 3.46. The summed E-state index contributed by atoms with van der Waals surface area (Å²) in [6.07, 6.45) is 7.41. The van der Waals surface area contributed by atoms with Crippen LogP contribution >= 0.6 is 0 Å². The zero-order chi connectivity index (χ0) is 13.7. The zero-order valence-electron chi connectivity index (χ0n) is 11.9. The Balaban J connectivity index is 1.74. The Morgan fingerprint density at radius 3 is 2.60 bits per heavy atom. The van der Waals surface area contributed by atoms with E-state index in [4.69, 9.17) is 10.7 Å². The molecule has 0 spiro atoms. The number of aromatic nitrogens is 4. The van der Waals surface area contributed by atoms with E-state index in [0.717, 1.165) is 29.0 Å². The Kier molecular flexibility index (Phi) is 2.69. The molecular formula is C15H21N5. The van der Waals surface area contributed by atoms with Crippen molar-refractivity contribution in [1.82, 2.24) is 19.9 Å². The lowest BCUT2D eigenvalue weighted by atomic mass is 9.98. The van der Waals surface area contributed by atoms with Gasteiger partial charge >= 0.3 is 0 Å². The lowest BCUT2D eigenvalue weighted by Crippen LogP contribution is -2.07. The molecule has 0 aromatic heterocycles. The lowest BCUT2D eigenvalue weighted by Gasteiger charge is -2.13. The van der Waals surface area contributed by atoms with Crippen LogP contribution in [0.3, 0.4) is 0 Å². The van der Waals surface area contributed by atoms with Crippen molar-refractivity contribution in [3.8, 4) is 11.5 Å². The summed E-state index contributed by atoms with van der Waals surface area (Å²) in [7, 11) is 0. The van der Waals surface area contributed by atoms with E-state index >= 15 is 0 Å². The summed E-state index contributed by atoms with van der Waals surface area (Å²) in [4.78, 5) is 17.0. The molecule has 0 saturated heterocycles. The van der Waals surface area contributed by atoms with Crippen LogP contribution in [0.5, 0.6) is 0 Å². The Bertz CT molecular complexity index is 601. The SMILES string of the molecule is CCC1CCC(c2nc(N)[nH]c3nc(C4CC4)nc2-3)C1. The predicted molar refractivity (Wildman–Crippen MR) is 77.6 cm³/mol. The van der Waals surface area contributed by atoms with Gasteiger partial charge in [-0.3, -0.25) is 0 Å². The highest BCUT2D eigenvalue weighted by Gasteiger charge is 2.33. The lowest BCUT2D eigenvalue weighted by molar-refractivity contribution is 0.519. The third-order valence-corrected chi connectivity index (χ3v) is 4.85. The monoisotopic (exact) mass is 271 g/mol. The number of aromatic amines is 1. The largest absolute Gasteiger partial charge is 0.369 e. The van der Waals surface area contributed by atoms with Crippen LogP contribution in [-0.4, -0.2) is 19.9 Å². The van der Waals surface area contributed by atoms with Gasteiger partial charge in [-0.1, -0.05) is 13.3 Å². The van der Waals surface area contributed by atoms with E-state index in [-0.39, 0.29) is 0 Å². The number of nitrogen functional groups attached to an aromatic ring is 1. The first kappa shape index (κ1) is 12.1. The van der Waals surface area contributed by atoms with E-state index in [1.54, 1.807) is 0 Å². The van der Waals surface area contributed by atoms with Crippen molar-refractivity contribution >= 4 is 5.95 Å². The average molecular weight is 271 g/mol.